The summed E-state index contributed by atoms with van der Waals surface area (Å²) in [5.74, 6) is 0.530. The number of nitrogens with two attached hydrogens (primary N) is 1. The fourth-order valence-corrected chi connectivity index (χ4v) is 2.34. The van der Waals surface area contributed by atoms with E-state index in [9.17, 15) is 9.59 Å². The summed E-state index contributed by atoms with van der Waals surface area (Å²) in [7, 11) is 0. The summed E-state index contributed by atoms with van der Waals surface area (Å²) < 4.78 is 0. The van der Waals surface area contributed by atoms with Crippen LogP contribution in [0.2, 0.25) is 0 Å². The van der Waals surface area contributed by atoms with Crippen molar-refractivity contribution in [1.29, 1.82) is 0 Å². The maximum atomic E-state index is 12.0. The Morgan fingerprint density at radius 1 is 1.43 bits per heavy atom. The molecule has 1 aromatic carbocycles. The third-order valence-corrected chi connectivity index (χ3v) is 3.92. The minimum atomic E-state index is -0.526. The number of carbonyl (C=O) groups is 2. The van der Waals surface area contributed by atoms with E-state index in [0.29, 0.717) is 23.7 Å². The standard InChI is InChI=1S/C15H21N3O2S/c1-21-8-7-13(16)15(20)18-12-4-2-3-10(9-12)14(19)17-11-5-6-11/h2-4,9,11,13H,5-8,16H2,1H3,(H,17,19)(H,18,20)/t13-/m0/s1. The molecule has 0 radical (unpaired) electrons. The van der Waals surface area contributed by atoms with Crippen LogP contribution in [-0.2, 0) is 4.79 Å². The second-order valence-electron chi connectivity index (χ2n) is 5.21. The largest absolute Gasteiger partial charge is 0.349 e. The topological polar surface area (TPSA) is 84.2 Å². The molecule has 4 N–H and O–H groups in total. The zero-order valence-corrected chi connectivity index (χ0v) is 12.9. The molecule has 1 atom stereocenters. The Morgan fingerprint density at radius 2 is 2.19 bits per heavy atom. The molecule has 1 aromatic rings. The molecule has 1 aliphatic rings. The lowest BCUT2D eigenvalue weighted by Gasteiger charge is -2.12. The first-order valence-electron chi connectivity index (χ1n) is 7.06. The number of nitrogens with one attached hydrogen (secondary N) is 2. The van der Waals surface area contributed by atoms with Crippen molar-refractivity contribution < 1.29 is 9.59 Å². The molecule has 0 saturated heterocycles. The zero-order valence-electron chi connectivity index (χ0n) is 12.1. The third-order valence-electron chi connectivity index (χ3n) is 3.27. The maximum absolute atomic E-state index is 12.0. The van der Waals surface area contributed by atoms with Crippen molar-refractivity contribution in [3.05, 3.63) is 29.8 Å². The first-order valence-corrected chi connectivity index (χ1v) is 8.46. The maximum Gasteiger partial charge on any atom is 0.251 e. The van der Waals surface area contributed by atoms with Gasteiger partial charge in [-0.25, -0.2) is 0 Å². The van der Waals surface area contributed by atoms with Gasteiger partial charge in [0.1, 0.15) is 0 Å². The van der Waals surface area contributed by atoms with E-state index in [1.165, 1.54) is 0 Å². The van der Waals surface area contributed by atoms with Gasteiger partial charge >= 0.3 is 0 Å². The summed E-state index contributed by atoms with van der Waals surface area (Å²) in [5.41, 5.74) is 6.97. The normalized spacial score (nSPS) is 15.3. The molecule has 1 saturated carbocycles. The lowest BCUT2D eigenvalue weighted by atomic mass is 10.1. The van der Waals surface area contributed by atoms with E-state index in [2.05, 4.69) is 10.6 Å². The van der Waals surface area contributed by atoms with Crippen molar-refractivity contribution in [2.75, 3.05) is 17.3 Å². The van der Waals surface area contributed by atoms with Gasteiger partial charge in [-0.1, -0.05) is 6.07 Å². The summed E-state index contributed by atoms with van der Waals surface area (Å²) in [6, 6.07) is 6.72. The van der Waals surface area contributed by atoms with Gasteiger partial charge in [-0.3, -0.25) is 9.59 Å². The Hall–Kier alpha value is -1.53. The van der Waals surface area contributed by atoms with Gasteiger partial charge in [-0.15, -0.1) is 0 Å². The highest BCUT2D eigenvalue weighted by atomic mass is 32.2. The van der Waals surface area contributed by atoms with Gasteiger partial charge in [0.05, 0.1) is 6.04 Å². The smallest absolute Gasteiger partial charge is 0.251 e. The highest BCUT2D eigenvalue weighted by Gasteiger charge is 2.23. The van der Waals surface area contributed by atoms with Crippen molar-refractivity contribution in [2.24, 2.45) is 5.73 Å². The van der Waals surface area contributed by atoms with E-state index < -0.39 is 6.04 Å². The summed E-state index contributed by atoms with van der Waals surface area (Å²) in [6.45, 7) is 0. The Bertz CT molecular complexity index is 517. The van der Waals surface area contributed by atoms with Crippen molar-refractivity contribution in [1.82, 2.24) is 5.32 Å². The number of thioether (sulfide) groups is 1. The minimum Gasteiger partial charge on any atom is -0.349 e. The zero-order chi connectivity index (χ0) is 15.2. The molecule has 21 heavy (non-hydrogen) atoms. The van der Waals surface area contributed by atoms with Crippen LogP contribution in [0.15, 0.2) is 24.3 Å². The Morgan fingerprint density at radius 3 is 2.86 bits per heavy atom. The molecule has 0 bridgehead atoms. The molecular formula is C15H21N3O2S. The average molecular weight is 307 g/mol. The third kappa shape index (κ3) is 5.06. The predicted octanol–water partition coefficient (Wildman–Crippen LogP) is 1.60. The van der Waals surface area contributed by atoms with Crippen molar-refractivity contribution in [2.45, 2.75) is 31.3 Å². The molecule has 0 aliphatic heterocycles. The first kappa shape index (κ1) is 15.9. The second-order valence-corrected chi connectivity index (χ2v) is 6.19. The quantitative estimate of drug-likeness (QED) is 0.714. The van der Waals surface area contributed by atoms with E-state index in [1.54, 1.807) is 36.0 Å². The number of carbonyl (C=O) groups excluding carboxylic acids is 2. The molecule has 114 valence electrons. The summed E-state index contributed by atoms with van der Waals surface area (Å²) in [6.07, 6.45) is 4.71. The van der Waals surface area contributed by atoms with Crippen LogP contribution in [-0.4, -0.2) is 35.9 Å². The molecule has 1 fully saturated rings. The van der Waals surface area contributed by atoms with Gasteiger partial charge in [0.2, 0.25) is 5.91 Å². The first-order chi connectivity index (χ1) is 10.1. The van der Waals surface area contributed by atoms with Crippen LogP contribution in [0.25, 0.3) is 0 Å². The molecule has 0 aromatic heterocycles. The van der Waals surface area contributed by atoms with Crippen molar-refractivity contribution >= 4 is 29.3 Å². The average Bonchev–Trinajstić information content (AvgIpc) is 3.28. The molecule has 0 spiro atoms. The molecule has 2 amide bonds. The van der Waals surface area contributed by atoms with Crippen molar-refractivity contribution in [3.63, 3.8) is 0 Å². The van der Waals surface area contributed by atoms with Crippen LogP contribution in [0.4, 0.5) is 5.69 Å². The van der Waals surface area contributed by atoms with Crippen molar-refractivity contribution in [3.8, 4) is 0 Å². The van der Waals surface area contributed by atoms with Gasteiger partial charge in [0, 0.05) is 17.3 Å². The fraction of sp³-hybridized carbons (Fsp3) is 0.467. The molecule has 0 heterocycles. The van der Waals surface area contributed by atoms with E-state index >= 15 is 0 Å². The fourth-order valence-electron chi connectivity index (χ4n) is 1.85. The van der Waals surface area contributed by atoms with Gasteiger partial charge in [-0.05, 0) is 49.5 Å². The van der Waals surface area contributed by atoms with Gasteiger partial charge < -0.3 is 16.4 Å². The van der Waals surface area contributed by atoms with E-state index in [4.69, 9.17) is 5.73 Å². The van der Waals surface area contributed by atoms with E-state index in [-0.39, 0.29) is 11.8 Å². The van der Waals surface area contributed by atoms with Crippen LogP contribution >= 0.6 is 11.8 Å². The van der Waals surface area contributed by atoms with Gasteiger partial charge in [0.15, 0.2) is 0 Å². The molecule has 1 aliphatic carbocycles. The SMILES string of the molecule is CSCC[C@H](N)C(=O)Nc1cccc(C(=O)NC2CC2)c1. The molecule has 0 unspecified atom stereocenters. The predicted molar refractivity (Wildman–Crippen MR) is 86.5 cm³/mol. The highest BCUT2D eigenvalue weighted by Crippen LogP contribution is 2.20. The summed E-state index contributed by atoms with van der Waals surface area (Å²) in [4.78, 5) is 23.9. The number of hydrogen-bond donors (Lipinski definition) is 3. The number of hydrogen-bond acceptors (Lipinski definition) is 4. The van der Waals surface area contributed by atoms with Crippen LogP contribution in [0.1, 0.15) is 29.6 Å². The Labute approximate surface area is 129 Å². The monoisotopic (exact) mass is 307 g/mol. The van der Waals surface area contributed by atoms with E-state index in [1.807, 2.05) is 6.26 Å². The number of benzene rings is 1. The lowest BCUT2D eigenvalue weighted by Crippen LogP contribution is -2.36. The Kier molecular flexibility index (Phi) is 5.64. The van der Waals surface area contributed by atoms with Gasteiger partial charge in [0.25, 0.3) is 5.91 Å². The highest BCUT2D eigenvalue weighted by molar-refractivity contribution is 7.98. The molecule has 6 heteroatoms. The number of amides is 2. The molecular weight excluding hydrogens is 286 g/mol. The van der Waals surface area contributed by atoms with Gasteiger partial charge in [-0.2, -0.15) is 11.8 Å². The lowest BCUT2D eigenvalue weighted by molar-refractivity contribution is -0.117. The van der Waals surface area contributed by atoms with Crippen LogP contribution in [0.3, 0.4) is 0 Å². The Balaban J connectivity index is 1.93. The molecule has 5 nitrogen and oxygen atoms in total. The van der Waals surface area contributed by atoms with E-state index in [0.717, 1.165) is 18.6 Å². The van der Waals surface area contributed by atoms with Crippen LogP contribution in [0, 0.1) is 0 Å². The second kappa shape index (κ2) is 7.47. The molecule has 2 rings (SSSR count). The van der Waals surface area contributed by atoms with Crippen LogP contribution in [0.5, 0.6) is 0 Å². The minimum absolute atomic E-state index is 0.0970. The van der Waals surface area contributed by atoms with Crippen LogP contribution < -0.4 is 16.4 Å². The number of rotatable bonds is 7. The summed E-state index contributed by atoms with van der Waals surface area (Å²) in [5, 5.41) is 5.68. The summed E-state index contributed by atoms with van der Waals surface area (Å²) >= 11 is 1.66. The number of anilines is 1.